The molecule has 1 aliphatic rings. The SMILES string of the molecule is CCOc1ccn(-c2ccc(F)cc2)c(=O)c1C(=O)Nc1ccc(Oc2ccnc3cc(OCC(C)(C)O)c4c(c23)OCCO4)c(F)c1. The van der Waals surface area contributed by atoms with Crippen molar-refractivity contribution in [1.29, 1.82) is 0 Å². The average molecular weight is 660 g/mol. The monoisotopic (exact) mass is 659 g/mol. The van der Waals surface area contributed by atoms with Crippen molar-refractivity contribution in [2.45, 2.75) is 26.4 Å². The van der Waals surface area contributed by atoms with Crippen LogP contribution in [0.3, 0.4) is 0 Å². The van der Waals surface area contributed by atoms with E-state index < -0.39 is 28.7 Å². The van der Waals surface area contributed by atoms with Gasteiger partial charge in [-0.1, -0.05) is 0 Å². The van der Waals surface area contributed by atoms with Gasteiger partial charge in [0, 0.05) is 35.9 Å². The maximum atomic E-state index is 15.5. The number of hydrogen-bond acceptors (Lipinski definition) is 9. The number of carbonyl (C=O) groups is 1. The molecule has 0 radical (unpaired) electrons. The van der Waals surface area contributed by atoms with Crippen molar-refractivity contribution in [3.63, 3.8) is 0 Å². The van der Waals surface area contributed by atoms with Crippen LogP contribution in [0.25, 0.3) is 16.6 Å². The first-order valence-corrected chi connectivity index (χ1v) is 15.0. The normalized spacial score (nSPS) is 12.5. The molecule has 1 aliphatic heterocycles. The first-order chi connectivity index (χ1) is 23.0. The lowest BCUT2D eigenvalue weighted by atomic mass is 10.1. The number of fused-ring (bicyclic) bond motifs is 3. The molecule has 248 valence electrons. The van der Waals surface area contributed by atoms with Gasteiger partial charge in [-0.25, -0.2) is 8.78 Å². The molecule has 2 N–H and O–H groups in total. The van der Waals surface area contributed by atoms with Crippen LogP contribution in [0.5, 0.6) is 34.5 Å². The van der Waals surface area contributed by atoms with Crippen LogP contribution in [-0.4, -0.2) is 52.6 Å². The zero-order valence-electron chi connectivity index (χ0n) is 26.2. The third-order valence-electron chi connectivity index (χ3n) is 7.12. The van der Waals surface area contributed by atoms with E-state index >= 15 is 4.39 Å². The van der Waals surface area contributed by atoms with Crippen LogP contribution in [0.1, 0.15) is 31.1 Å². The van der Waals surface area contributed by atoms with Crippen molar-refractivity contribution in [2.75, 3.05) is 31.7 Å². The molecule has 0 unspecified atom stereocenters. The Morgan fingerprint density at radius 1 is 0.958 bits per heavy atom. The lowest BCUT2D eigenvalue weighted by Gasteiger charge is -2.25. The van der Waals surface area contributed by atoms with E-state index in [4.69, 9.17) is 23.7 Å². The highest BCUT2D eigenvalue weighted by atomic mass is 19.1. The van der Waals surface area contributed by atoms with Gasteiger partial charge in [-0.3, -0.25) is 19.1 Å². The summed E-state index contributed by atoms with van der Waals surface area (Å²) in [7, 11) is 0. The van der Waals surface area contributed by atoms with Crippen LogP contribution in [0, 0.1) is 11.6 Å². The van der Waals surface area contributed by atoms with Gasteiger partial charge in [0.15, 0.2) is 23.1 Å². The highest BCUT2D eigenvalue weighted by Crippen LogP contribution is 2.48. The van der Waals surface area contributed by atoms with E-state index in [-0.39, 0.29) is 54.9 Å². The minimum Gasteiger partial charge on any atom is -0.493 e. The van der Waals surface area contributed by atoms with Crippen molar-refractivity contribution in [3.05, 3.63) is 101 Å². The molecule has 5 aromatic rings. The van der Waals surface area contributed by atoms with Gasteiger partial charge in [0.2, 0.25) is 5.75 Å². The summed E-state index contributed by atoms with van der Waals surface area (Å²) in [5, 5.41) is 13.1. The Hall–Kier alpha value is -5.69. The summed E-state index contributed by atoms with van der Waals surface area (Å²) in [6, 6.07) is 13.6. The zero-order chi connectivity index (χ0) is 34.0. The highest BCUT2D eigenvalue weighted by molar-refractivity contribution is 6.06. The third-order valence-corrected chi connectivity index (χ3v) is 7.12. The Bertz CT molecular complexity index is 2060. The summed E-state index contributed by atoms with van der Waals surface area (Å²) in [4.78, 5) is 31.2. The number of nitrogens with zero attached hydrogens (tertiary/aromatic N) is 2. The molecule has 0 spiro atoms. The predicted molar refractivity (Wildman–Crippen MR) is 172 cm³/mol. The highest BCUT2D eigenvalue weighted by Gasteiger charge is 2.27. The number of amides is 1. The fourth-order valence-electron chi connectivity index (χ4n) is 5.00. The summed E-state index contributed by atoms with van der Waals surface area (Å²) in [6.07, 6.45) is 2.90. The zero-order valence-corrected chi connectivity index (χ0v) is 26.2. The smallest absolute Gasteiger partial charge is 0.271 e. The van der Waals surface area contributed by atoms with E-state index in [1.807, 2.05) is 0 Å². The van der Waals surface area contributed by atoms with Gasteiger partial charge in [0.25, 0.3) is 11.5 Å². The number of anilines is 1. The van der Waals surface area contributed by atoms with Crippen molar-refractivity contribution < 1.29 is 42.4 Å². The van der Waals surface area contributed by atoms with E-state index in [0.717, 1.165) is 6.07 Å². The second kappa shape index (κ2) is 13.2. The molecular formula is C35H31F2N3O8. The van der Waals surface area contributed by atoms with Gasteiger partial charge in [-0.15, -0.1) is 0 Å². The summed E-state index contributed by atoms with van der Waals surface area (Å²) in [6.45, 7) is 5.60. The summed E-state index contributed by atoms with van der Waals surface area (Å²) in [5.41, 5.74) is -1.32. The maximum Gasteiger partial charge on any atom is 0.271 e. The third kappa shape index (κ3) is 6.72. The Morgan fingerprint density at radius 2 is 1.71 bits per heavy atom. The van der Waals surface area contributed by atoms with Crippen LogP contribution in [0.15, 0.2) is 77.9 Å². The van der Waals surface area contributed by atoms with E-state index in [0.29, 0.717) is 33.8 Å². The Morgan fingerprint density at radius 3 is 2.42 bits per heavy atom. The standard InChI is InChI=1S/C35H31F2N3O8/c1-4-44-26-12-14-40(22-8-5-20(36)6-9-22)34(42)30(26)33(41)39-21-7-10-25(23(37)17-21)48-27-11-13-38-24-18-28(47-19-35(2,3)43)31-32(29(24)27)46-16-15-45-31/h5-14,17-18,43H,4,15-16,19H2,1-3H3,(H,39,41). The summed E-state index contributed by atoms with van der Waals surface area (Å²) in [5.74, 6) is -1.10. The fraction of sp³-hybridized carbons (Fsp3) is 0.229. The van der Waals surface area contributed by atoms with Gasteiger partial charge in [-0.05, 0) is 69.3 Å². The Balaban J connectivity index is 1.28. The molecule has 48 heavy (non-hydrogen) atoms. The molecule has 0 atom stereocenters. The number of rotatable bonds is 10. The van der Waals surface area contributed by atoms with Crippen molar-refractivity contribution in [1.82, 2.24) is 9.55 Å². The molecule has 3 aromatic carbocycles. The molecule has 3 heterocycles. The molecule has 0 saturated heterocycles. The minimum absolute atomic E-state index is 0.0137. The molecule has 11 nitrogen and oxygen atoms in total. The minimum atomic E-state index is -1.10. The second-order valence-electron chi connectivity index (χ2n) is 11.4. The number of benzene rings is 3. The van der Waals surface area contributed by atoms with Gasteiger partial charge in [0.05, 0.1) is 23.1 Å². The van der Waals surface area contributed by atoms with E-state index in [1.165, 1.54) is 59.4 Å². The molecule has 2 aromatic heterocycles. The quantitative estimate of drug-likeness (QED) is 0.185. The van der Waals surface area contributed by atoms with E-state index in [9.17, 15) is 19.1 Å². The summed E-state index contributed by atoms with van der Waals surface area (Å²) < 4.78 is 59.2. The van der Waals surface area contributed by atoms with Gasteiger partial charge >= 0.3 is 0 Å². The average Bonchev–Trinajstić information content (AvgIpc) is 3.05. The second-order valence-corrected chi connectivity index (χ2v) is 11.4. The number of nitrogens with one attached hydrogen (secondary N) is 1. The van der Waals surface area contributed by atoms with Crippen LogP contribution in [0.4, 0.5) is 14.5 Å². The molecule has 1 amide bonds. The molecule has 0 saturated carbocycles. The number of ether oxygens (including phenoxy) is 5. The van der Waals surface area contributed by atoms with E-state index in [2.05, 4.69) is 10.3 Å². The van der Waals surface area contributed by atoms with Gasteiger partial charge in [-0.2, -0.15) is 0 Å². The first-order valence-electron chi connectivity index (χ1n) is 15.0. The van der Waals surface area contributed by atoms with Gasteiger partial charge < -0.3 is 34.1 Å². The lowest BCUT2D eigenvalue weighted by Crippen LogP contribution is -2.29. The Kier molecular flexibility index (Phi) is 8.87. The summed E-state index contributed by atoms with van der Waals surface area (Å²) >= 11 is 0. The van der Waals surface area contributed by atoms with Crippen LogP contribution < -0.4 is 34.6 Å². The van der Waals surface area contributed by atoms with Crippen LogP contribution >= 0.6 is 0 Å². The topological polar surface area (TPSA) is 130 Å². The first kappa shape index (κ1) is 32.3. The van der Waals surface area contributed by atoms with Crippen LogP contribution in [0.2, 0.25) is 0 Å². The molecule has 0 fully saturated rings. The molecular weight excluding hydrogens is 628 g/mol. The van der Waals surface area contributed by atoms with Crippen molar-refractivity contribution in [3.8, 4) is 40.2 Å². The number of aliphatic hydroxyl groups is 1. The number of hydrogen-bond donors (Lipinski definition) is 2. The number of aromatic nitrogens is 2. The molecule has 0 aliphatic carbocycles. The van der Waals surface area contributed by atoms with Gasteiger partial charge in [0.1, 0.15) is 42.7 Å². The maximum absolute atomic E-state index is 15.5. The molecule has 6 rings (SSSR count). The number of halogens is 2. The largest absolute Gasteiger partial charge is 0.493 e. The van der Waals surface area contributed by atoms with Crippen LogP contribution in [-0.2, 0) is 0 Å². The lowest BCUT2D eigenvalue weighted by molar-refractivity contribution is 0.0265. The number of pyridine rings is 2. The number of carbonyl (C=O) groups excluding carboxylic acids is 1. The van der Waals surface area contributed by atoms with Crippen molar-refractivity contribution >= 4 is 22.5 Å². The fourth-order valence-corrected chi connectivity index (χ4v) is 5.00. The molecule has 0 bridgehead atoms. The Labute approximate surface area is 273 Å². The molecule has 13 heteroatoms. The van der Waals surface area contributed by atoms with Crippen molar-refractivity contribution in [2.24, 2.45) is 0 Å². The predicted octanol–water partition coefficient (Wildman–Crippen LogP) is 6.03. The van der Waals surface area contributed by atoms with E-state index in [1.54, 1.807) is 32.9 Å².